The highest BCUT2D eigenvalue weighted by molar-refractivity contribution is 7.00. The van der Waals surface area contributed by atoms with Gasteiger partial charge in [0.1, 0.15) is 0 Å². The van der Waals surface area contributed by atoms with E-state index in [1.54, 1.807) is 5.56 Å². The maximum atomic E-state index is 2.81. The lowest BCUT2D eigenvalue weighted by Gasteiger charge is -2.52. The minimum atomic E-state index is 0.0315. The van der Waals surface area contributed by atoms with Crippen molar-refractivity contribution in [2.45, 2.75) is 57.4 Å². The number of anilines is 8. The molecular weight excluding hydrogens is 593 g/mol. The van der Waals surface area contributed by atoms with Crippen LogP contribution in [0.2, 0.25) is 0 Å². The molecule has 10 rings (SSSR count). The van der Waals surface area contributed by atoms with Crippen molar-refractivity contribution in [2.75, 3.05) is 14.7 Å². The Bertz CT molecular complexity index is 2210. The zero-order valence-electron chi connectivity index (χ0n) is 28.5. The predicted octanol–water partition coefficient (Wildman–Crippen LogP) is 9.82. The summed E-state index contributed by atoms with van der Waals surface area (Å²) in [6, 6.07) is 51.9. The van der Waals surface area contributed by atoms with Gasteiger partial charge < -0.3 is 14.7 Å². The molecule has 3 heterocycles. The van der Waals surface area contributed by atoms with Gasteiger partial charge in [-0.2, -0.15) is 0 Å². The topological polar surface area (TPSA) is 9.72 Å². The van der Waals surface area contributed by atoms with Gasteiger partial charge in [-0.15, -0.1) is 0 Å². The number of para-hydroxylation sites is 4. The zero-order valence-corrected chi connectivity index (χ0v) is 28.5. The van der Waals surface area contributed by atoms with Gasteiger partial charge in [-0.05, 0) is 115 Å². The fourth-order valence-corrected chi connectivity index (χ4v) is 10.00. The van der Waals surface area contributed by atoms with E-state index in [1.165, 1.54) is 76.1 Å². The number of hydrogen-bond acceptors (Lipinski definition) is 3. The number of hydrogen-bond donors (Lipinski definition) is 0. The number of fused-ring (bicyclic) bond motifs is 7. The van der Waals surface area contributed by atoms with E-state index >= 15 is 0 Å². The minimum Gasteiger partial charge on any atom is -0.335 e. The molecule has 3 nitrogen and oxygen atoms in total. The minimum absolute atomic E-state index is 0.0315. The molecule has 0 saturated heterocycles. The first-order valence-electron chi connectivity index (χ1n) is 18.0. The summed E-state index contributed by atoms with van der Waals surface area (Å²) >= 11 is 0. The van der Waals surface area contributed by atoms with E-state index in [4.69, 9.17) is 0 Å². The lowest BCUT2D eigenvalue weighted by Crippen LogP contribution is -2.64. The molecule has 0 aromatic heterocycles. The number of nitrogens with zero attached hydrogens (tertiary/aromatic N) is 3. The standard InChI is InChI=1S/C45H40BN3/c1-31-28-40-42-41(29-31)49-43-36(44(2)26-13-14-27-45(44,49)3)22-15-23-38(43)46(42)37-25-24-35(30-39(37)48(40)34-20-11-6-12-21-34)47(32-16-7-4-8-17-32)33-18-9-5-10-19-33/h4-12,15-25,28-30H,13-14,26-27H2,1-3H3. The van der Waals surface area contributed by atoms with Crippen molar-refractivity contribution >= 4 is 68.6 Å². The van der Waals surface area contributed by atoms with Crippen LogP contribution in [0.5, 0.6) is 0 Å². The Hall–Kier alpha value is -5.22. The van der Waals surface area contributed by atoms with E-state index in [1.807, 2.05) is 0 Å². The Morgan fingerprint density at radius 3 is 1.96 bits per heavy atom. The van der Waals surface area contributed by atoms with Gasteiger partial charge >= 0.3 is 0 Å². The van der Waals surface area contributed by atoms with Crippen LogP contribution in [0.25, 0.3) is 0 Å². The third-order valence-electron chi connectivity index (χ3n) is 12.4. The van der Waals surface area contributed by atoms with Crippen molar-refractivity contribution in [3.8, 4) is 0 Å². The second kappa shape index (κ2) is 10.4. The predicted molar refractivity (Wildman–Crippen MR) is 208 cm³/mol. The van der Waals surface area contributed by atoms with E-state index in [0.717, 1.165) is 17.1 Å². The van der Waals surface area contributed by atoms with Crippen LogP contribution in [0.15, 0.2) is 140 Å². The summed E-state index contributed by atoms with van der Waals surface area (Å²) in [5.74, 6) is 0. The Morgan fingerprint density at radius 1 is 0.592 bits per heavy atom. The van der Waals surface area contributed by atoms with Crippen molar-refractivity contribution in [1.82, 2.24) is 0 Å². The van der Waals surface area contributed by atoms with Gasteiger partial charge in [0, 0.05) is 50.9 Å². The Morgan fingerprint density at radius 2 is 1.24 bits per heavy atom. The summed E-state index contributed by atoms with van der Waals surface area (Å²) < 4.78 is 0. The largest absolute Gasteiger partial charge is 0.335 e. The maximum absolute atomic E-state index is 2.81. The fraction of sp³-hybridized carbons (Fsp3) is 0.200. The van der Waals surface area contributed by atoms with Crippen LogP contribution in [0.1, 0.15) is 50.7 Å². The molecule has 4 aliphatic rings. The molecule has 238 valence electrons. The van der Waals surface area contributed by atoms with Crippen LogP contribution >= 0.6 is 0 Å². The monoisotopic (exact) mass is 633 g/mol. The third kappa shape index (κ3) is 3.86. The van der Waals surface area contributed by atoms with Gasteiger partial charge in [0.05, 0.1) is 5.54 Å². The molecule has 2 atom stereocenters. The second-order valence-corrected chi connectivity index (χ2v) is 15.0. The summed E-state index contributed by atoms with van der Waals surface area (Å²) in [7, 11) is 0. The molecule has 2 unspecified atom stereocenters. The van der Waals surface area contributed by atoms with Gasteiger partial charge in [0.25, 0.3) is 6.71 Å². The quantitative estimate of drug-likeness (QED) is 0.179. The van der Waals surface area contributed by atoms with Crippen LogP contribution in [0, 0.1) is 6.92 Å². The Labute approximate surface area is 290 Å². The van der Waals surface area contributed by atoms with E-state index in [9.17, 15) is 0 Å². The van der Waals surface area contributed by atoms with E-state index in [2.05, 4.69) is 175 Å². The highest BCUT2D eigenvalue weighted by Gasteiger charge is 2.61. The van der Waals surface area contributed by atoms with Crippen LogP contribution < -0.4 is 31.1 Å². The molecule has 4 heteroatoms. The average molecular weight is 634 g/mol. The number of rotatable bonds is 4. The molecule has 1 fully saturated rings. The van der Waals surface area contributed by atoms with E-state index < -0.39 is 0 Å². The molecule has 0 spiro atoms. The van der Waals surface area contributed by atoms with Crippen molar-refractivity contribution in [2.24, 2.45) is 0 Å². The first-order valence-corrected chi connectivity index (χ1v) is 18.0. The molecule has 0 bridgehead atoms. The van der Waals surface area contributed by atoms with Crippen LogP contribution in [0.3, 0.4) is 0 Å². The summed E-state index contributed by atoms with van der Waals surface area (Å²) in [6.45, 7) is 7.55. The van der Waals surface area contributed by atoms with E-state index in [-0.39, 0.29) is 17.7 Å². The molecule has 6 aromatic carbocycles. The molecule has 6 aromatic rings. The zero-order chi connectivity index (χ0) is 32.9. The molecular formula is C45H40BN3. The summed E-state index contributed by atoms with van der Waals surface area (Å²) in [4.78, 5) is 7.74. The Kier molecular flexibility index (Phi) is 6.10. The van der Waals surface area contributed by atoms with Gasteiger partial charge in [-0.25, -0.2) is 0 Å². The van der Waals surface area contributed by atoms with Crippen LogP contribution in [-0.2, 0) is 5.41 Å². The van der Waals surface area contributed by atoms with Gasteiger partial charge in [0.2, 0.25) is 0 Å². The molecule has 1 saturated carbocycles. The highest BCUT2D eigenvalue weighted by Crippen LogP contribution is 2.61. The summed E-state index contributed by atoms with van der Waals surface area (Å²) in [6.07, 6.45) is 5.03. The van der Waals surface area contributed by atoms with E-state index in [0.29, 0.717) is 0 Å². The molecule has 1 aliphatic carbocycles. The van der Waals surface area contributed by atoms with Crippen LogP contribution in [0.4, 0.5) is 45.5 Å². The van der Waals surface area contributed by atoms with Gasteiger partial charge in [-0.3, -0.25) is 0 Å². The van der Waals surface area contributed by atoms with Crippen molar-refractivity contribution in [1.29, 1.82) is 0 Å². The SMILES string of the molecule is Cc1cc2c3c(c1)N1c4c(cccc4C4(C)CCCCC14C)B3c1ccc(N(c3ccccc3)c3ccccc3)cc1N2c1ccccc1. The summed E-state index contributed by atoms with van der Waals surface area (Å²) in [5.41, 5.74) is 17.3. The lowest BCUT2D eigenvalue weighted by molar-refractivity contribution is 0.195. The highest BCUT2D eigenvalue weighted by atomic mass is 15.3. The maximum Gasteiger partial charge on any atom is 0.252 e. The fourth-order valence-electron chi connectivity index (χ4n) is 10.00. The molecule has 3 aliphatic heterocycles. The van der Waals surface area contributed by atoms with Gasteiger partial charge in [0.15, 0.2) is 0 Å². The smallest absolute Gasteiger partial charge is 0.252 e. The van der Waals surface area contributed by atoms with Crippen LogP contribution in [-0.4, -0.2) is 12.3 Å². The lowest BCUT2D eigenvalue weighted by atomic mass is 9.33. The average Bonchev–Trinajstić information content (AvgIpc) is 3.35. The van der Waals surface area contributed by atoms with Crippen molar-refractivity contribution < 1.29 is 0 Å². The number of benzene rings is 6. The molecule has 0 N–H and O–H groups in total. The molecule has 0 amide bonds. The molecule has 49 heavy (non-hydrogen) atoms. The van der Waals surface area contributed by atoms with Crippen molar-refractivity contribution in [3.63, 3.8) is 0 Å². The normalized spacial score (nSPS) is 21.1. The first-order chi connectivity index (χ1) is 24.0. The second-order valence-electron chi connectivity index (χ2n) is 15.0. The van der Waals surface area contributed by atoms with Gasteiger partial charge in [-0.1, -0.05) is 98.6 Å². The number of aryl methyl sites for hydroxylation is 1. The van der Waals surface area contributed by atoms with Crippen molar-refractivity contribution in [3.05, 3.63) is 151 Å². The third-order valence-corrected chi connectivity index (χ3v) is 12.4. The Balaban J connectivity index is 1.27. The molecule has 0 radical (unpaired) electrons. The first kappa shape index (κ1) is 28.8. The summed E-state index contributed by atoms with van der Waals surface area (Å²) in [5, 5.41) is 0.